The van der Waals surface area contributed by atoms with Crippen molar-refractivity contribution < 1.29 is 18.7 Å². The molecular weight excluding hydrogens is 297 g/mol. The van der Waals surface area contributed by atoms with E-state index in [4.69, 9.17) is 9.47 Å². The van der Waals surface area contributed by atoms with Crippen LogP contribution < -0.4 is 0 Å². The number of carbonyl (C=O) groups excluding carboxylic acids is 1. The Hall–Kier alpha value is -1.62. The lowest BCUT2D eigenvalue weighted by Gasteiger charge is -2.29. The summed E-state index contributed by atoms with van der Waals surface area (Å²) in [4.78, 5) is 13.9. The van der Waals surface area contributed by atoms with Crippen molar-refractivity contribution in [1.82, 2.24) is 4.90 Å². The molecule has 128 valence electrons. The van der Waals surface area contributed by atoms with Gasteiger partial charge in [0.15, 0.2) is 0 Å². The van der Waals surface area contributed by atoms with Gasteiger partial charge in [0, 0.05) is 6.54 Å². The van der Waals surface area contributed by atoms with Gasteiger partial charge >= 0.3 is 6.09 Å². The lowest BCUT2D eigenvalue weighted by atomic mass is 9.99. The largest absolute Gasteiger partial charge is 0.444 e. The van der Waals surface area contributed by atoms with Gasteiger partial charge in [0.25, 0.3) is 0 Å². The van der Waals surface area contributed by atoms with Crippen molar-refractivity contribution in [3.05, 3.63) is 35.6 Å². The van der Waals surface area contributed by atoms with Crippen LogP contribution in [-0.2, 0) is 16.1 Å². The second-order valence-corrected chi connectivity index (χ2v) is 7.11. The van der Waals surface area contributed by atoms with Crippen LogP contribution in [-0.4, -0.2) is 35.3 Å². The van der Waals surface area contributed by atoms with Gasteiger partial charge in [-0.15, -0.1) is 0 Å². The van der Waals surface area contributed by atoms with Gasteiger partial charge in [-0.05, 0) is 51.3 Å². The molecule has 1 heterocycles. The fraction of sp³-hybridized carbons (Fsp3) is 0.611. The average Bonchev–Trinajstić information content (AvgIpc) is 2.89. The molecule has 0 aliphatic carbocycles. The van der Waals surface area contributed by atoms with E-state index in [1.165, 1.54) is 12.1 Å². The first-order valence-corrected chi connectivity index (χ1v) is 8.09. The molecule has 5 heteroatoms. The highest BCUT2D eigenvalue weighted by Crippen LogP contribution is 2.31. The molecule has 1 aliphatic heterocycles. The minimum atomic E-state index is -0.503. The first-order chi connectivity index (χ1) is 10.7. The number of benzene rings is 1. The van der Waals surface area contributed by atoms with E-state index in [9.17, 15) is 9.18 Å². The topological polar surface area (TPSA) is 38.8 Å². The van der Waals surface area contributed by atoms with Crippen molar-refractivity contribution in [3.8, 4) is 0 Å². The Kier molecular flexibility index (Phi) is 5.30. The first-order valence-electron chi connectivity index (χ1n) is 8.09. The molecule has 1 aliphatic rings. The van der Waals surface area contributed by atoms with Crippen LogP contribution >= 0.6 is 0 Å². The summed E-state index contributed by atoms with van der Waals surface area (Å²) in [5.74, 6) is -0.265. The van der Waals surface area contributed by atoms with E-state index in [1.54, 1.807) is 11.0 Å². The van der Waals surface area contributed by atoms with Crippen LogP contribution in [0.2, 0.25) is 0 Å². The van der Waals surface area contributed by atoms with E-state index in [2.05, 4.69) is 0 Å². The normalized spacial score (nSPS) is 21.5. The molecule has 23 heavy (non-hydrogen) atoms. The van der Waals surface area contributed by atoms with Gasteiger partial charge in [0.05, 0.1) is 18.8 Å². The third-order valence-corrected chi connectivity index (χ3v) is 4.05. The zero-order valence-corrected chi connectivity index (χ0v) is 14.4. The SMILES string of the molecule is CCC1(OCc2cccc(F)c2)CCN(C(=O)OC(C)(C)C)C1. The summed E-state index contributed by atoms with van der Waals surface area (Å²) in [6, 6.07) is 6.41. The zero-order chi connectivity index (χ0) is 17.1. The van der Waals surface area contributed by atoms with Gasteiger partial charge in [0.2, 0.25) is 0 Å². The van der Waals surface area contributed by atoms with Crippen molar-refractivity contribution in [2.45, 2.75) is 58.3 Å². The van der Waals surface area contributed by atoms with Crippen molar-refractivity contribution in [2.75, 3.05) is 13.1 Å². The zero-order valence-electron chi connectivity index (χ0n) is 14.4. The van der Waals surface area contributed by atoms with Crippen molar-refractivity contribution in [1.29, 1.82) is 0 Å². The highest BCUT2D eigenvalue weighted by atomic mass is 19.1. The van der Waals surface area contributed by atoms with Gasteiger partial charge in [-0.2, -0.15) is 0 Å². The predicted molar refractivity (Wildman–Crippen MR) is 86.6 cm³/mol. The van der Waals surface area contributed by atoms with E-state index in [-0.39, 0.29) is 17.5 Å². The number of halogens is 1. The van der Waals surface area contributed by atoms with Crippen LogP contribution in [0.4, 0.5) is 9.18 Å². The fourth-order valence-electron chi connectivity index (χ4n) is 2.70. The second kappa shape index (κ2) is 6.87. The third-order valence-electron chi connectivity index (χ3n) is 4.05. The lowest BCUT2D eigenvalue weighted by molar-refractivity contribution is -0.0528. The molecule has 1 aromatic rings. The molecule has 1 unspecified atom stereocenters. The number of hydrogen-bond acceptors (Lipinski definition) is 3. The molecule has 0 saturated carbocycles. The lowest BCUT2D eigenvalue weighted by Crippen LogP contribution is -2.40. The molecule has 0 spiro atoms. The van der Waals surface area contributed by atoms with E-state index in [0.29, 0.717) is 19.7 Å². The molecule has 0 N–H and O–H groups in total. The molecule has 1 fully saturated rings. The second-order valence-electron chi connectivity index (χ2n) is 7.11. The highest BCUT2D eigenvalue weighted by Gasteiger charge is 2.40. The first kappa shape index (κ1) is 17.7. The molecule has 1 saturated heterocycles. The van der Waals surface area contributed by atoms with Crippen molar-refractivity contribution in [3.63, 3.8) is 0 Å². The van der Waals surface area contributed by atoms with Crippen LogP contribution in [0, 0.1) is 5.82 Å². The fourth-order valence-corrected chi connectivity index (χ4v) is 2.70. The molecule has 0 bridgehead atoms. The maximum absolute atomic E-state index is 13.2. The summed E-state index contributed by atoms with van der Waals surface area (Å²) in [6.45, 7) is 9.08. The third kappa shape index (κ3) is 4.93. The van der Waals surface area contributed by atoms with Gasteiger partial charge in [-0.1, -0.05) is 19.1 Å². The van der Waals surface area contributed by atoms with E-state index in [1.807, 2.05) is 33.8 Å². The van der Waals surface area contributed by atoms with Crippen LogP contribution in [0.3, 0.4) is 0 Å². The van der Waals surface area contributed by atoms with E-state index >= 15 is 0 Å². The Labute approximate surface area is 137 Å². The standard InChI is InChI=1S/C18H26FNO3/c1-5-18(22-12-14-7-6-8-15(19)11-14)9-10-20(13-18)16(21)23-17(2,3)4/h6-8,11H,5,9-10,12-13H2,1-4H3. The quantitative estimate of drug-likeness (QED) is 0.836. The number of ether oxygens (including phenoxy) is 2. The van der Waals surface area contributed by atoms with Gasteiger partial charge in [-0.25, -0.2) is 9.18 Å². The average molecular weight is 323 g/mol. The molecule has 1 aromatic carbocycles. The minimum absolute atomic E-state index is 0.265. The van der Waals surface area contributed by atoms with Crippen LogP contribution in [0.1, 0.15) is 46.1 Å². The number of hydrogen-bond donors (Lipinski definition) is 0. The van der Waals surface area contributed by atoms with Crippen molar-refractivity contribution >= 4 is 6.09 Å². The summed E-state index contributed by atoms with van der Waals surface area (Å²) < 4.78 is 24.7. The predicted octanol–water partition coefficient (Wildman–Crippen LogP) is 4.13. The Bertz CT molecular complexity index is 555. The summed E-state index contributed by atoms with van der Waals surface area (Å²) in [6.07, 6.45) is 1.25. The van der Waals surface area contributed by atoms with E-state index in [0.717, 1.165) is 18.4 Å². The number of nitrogens with zero attached hydrogens (tertiary/aromatic N) is 1. The number of rotatable bonds is 4. The van der Waals surface area contributed by atoms with Crippen LogP contribution in [0.5, 0.6) is 0 Å². The molecule has 2 rings (SSSR count). The van der Waals surface area contributed by atoms with Crippen molar-refractivity contribution in [2.24, 2.45) is 0 Å². The summed E-state index contributed by atoms with van der Waals surface area (Å²) in [5.41, 5.74) is -0.0891. The molecule has 0 aromatic heterocycles. The molecule has 1 atom stereocenters. The van der Waals surface area contributed by atoms with Gasteiger partial charge < -0.3 is 14.4 Å². The Morgan fingerprint density at radius 3 is 2.74 bits per heavy atom. The van der Waals surface area contributed by atoms with E-state index < -0.39 is 5.60 Å². The van der Waals surface area contributed by atoms with Crippen LogP contribution in [0.15, 0.2) is 24.3 Å². The minimum Gasteiger partial charge on any atom is -0.444 e. The highest BCUT2D eigenvalue weighted by molar-refractivity contribution is 5.68. The number of carbonyl (C=O) groups is 1. The number of likely N-dealkylation sites (tertiary alicyclic amines) is 1. The summed E-state index contributed by atoms with van der Waals surface area (Å²) in [5, 5.41) is 0. The molecule has 0 radical (unpaired) electrons. The maximum Gasteiger partial charge on any atom is 0.410 e. The molecule has 1 amide bonds. The molecular formula is C18H26FNO3. The maximum atomic E-state index is 13.2. The summed E-state index contributed by atoms with van der Waals surface area (Å²) in [7, 11) is 0. The van der Waals surface area contributed by atoms with Gasteiger partial charge in [-0.3, -0.25) is 0 Å². The Balaban J connectivity index is 1.96. The monoisotopic (exact) mass is 323 g/mol. The smallest absolute Gasteiger partial charge is 0.410 e. The number of amides is 1. The summed E-state index contributed by atoms with van der Waals surface area (Å²) >= 11 is 0. The van der Waals surface area contributed by atoms with Gasteiger partial charge in [0.1, 0.15) is 11.4 Å². The Morgan fingerprint density at radius 2 is 2.13 bits per heavy atom. The van der Waals surface area contributed by atoms with Crippen LogP contribution in [0.25, 0.3) is 0 Å². The Morgan fingerprint density at radius 1 is 1.39 bits per heavy atom. The molecule has 4 nitrogen and oxygen atoms in total.